The fourth-order valence-corrected chi connectivity index (χ4v) is 4.18. The van der Waals surface area contributed by atoms with Crippen molar-refractivity contribution in [1.29, 1.82) is 0 Å². The molecule has 1 saturated heterocycles. The van der Waals surface area contributed by atoms with E-state index in [1.54, 1.807) is 32.2 Å². The largest absolute Gasteiger partial charge is 0.379 e. The molecule has 0 aliphatic carbocycles. The van der Waals surface area contributed by atoms with Crippen molar-refractivity contribution in [2.45, 2.75) is 25.8 Å². The van der Waals surface area contributed by atoms with Crippen LogP contribution in [0.1, 0.15) is 29.8 Å². The van der Waals surface area contributed by atoms with Crippen molar-refractivity contribution in [2.75, 3.05) is 26.3 Å². The molecule has 6 nitrogen and oxygen atoms in total. The molecule has 2 heterocycles. The molecule has 1 aromatic heterocycles. The molecule has 1 aliphatic heterocycles. The number of nitrogens with one attached hydrogen (secondary N) is 1. The summed E-state index contributed by atoms with van der Waals surface area (Å²) in [7, 11) is 0. The molecule has 0 radical (unpaired) electrons. The smallest absolute Gasteiger partial charge is 0.252 e. The van der Waals surface area contributed by atoms with Crippen LogP contribution in [-0.4, -0.2) is 53.5 Å². The number of rotatable bonds is 5. The predicted molar refractivity (Wildman–Crippen MR) is 124 cm³/mol. The van der Waals surface area contributed by atoms with Crippen LogP contribution in [0, 0.1) is 5.92 Å². The van der Waals surface area contributed by atoms with E-state index in [1.807, 2.05) is 35.4 Å². The van der Waals surface area contributed by atoms with Crippen molar-refractivity contribution in [3.8, 4) is 0 Å². The first-order valence-electron chi connectivity index (χ1n) is 11.0. The van der Waals surface area contributed by atoms with E-state index in [2.05, 4.69) is 28.5 Å². The Kier molecular flexibility index (Phi) is 6.51. The van der Waals surface area contributed by atoms with Gasteiger partial charge < -0.3 is 15.0 Å². The summed E-state index contributed by atoms with van der Waals surface area (Å²) >= 11 is 0. The Morgan fingerprint density at radius 3 is 2.75 bits per heavy atom. The van der Waals surface area contributed by atoms with Crippen LogP contribution in [-0.2, 0) is 16.0 Å². The number of aromatic nitrogens is 1. The summed E-state index contributed by atoms with van der Waals surface area (Å²) in [6.07, 6.45) is 4.48. The van der Waals surface area contributed by atoms with E-state index in [9.17, 15) is 9.59 Å². The van der Waals surface area contributed by atoms with Gasteiger partial charge in [-0.05, 0) is 49.4 Å². The molecule has 1 aliphatic rings. The number of carbonyl (C=O) groups excluding carboxylic acids is 2. The summed E-state index contributed by atoms with van der Waals surface area (Å²) in [6, 6.07) is 17.3. The van der Waals surface area contributed by atoms with E-state index in [0.29, 0.717) is 31.9 Å². The minimum Gasteiger partial charge on any atom is -0.379 e. The van der Waals surface area contributed by atoms with Crippen molar-refractivity contribution in [1.82, 2.24) is 15.2 Å². The van der Waals surface area contributed by atoms with E-state index in [1.165, 1.54) is 5.56 Å². The Morgan fingerprint density at radius 2 is 1.94 bits per heavy atom. The lowest BCUT2D eigenvalue weighted by Crippen LogP contribution is -2.56. The van der Waals surface area contributed by atoms with E-state index < -0.39 is 5.54 Å². The molecule has 3 aromatic rings. The number of amides is 2. The maximum atomic E-state index is 13.4. The SMILES string of the molecule is CC(C)(NC(=O)c1ccccc1)C(=O)N1CCOC[C@@H](Cc2ccc3cnccc3c2)C1. The minimum absolute atomic E-state index is 0.0955. The molecule has 0 unspecified atom stereocenters. The number of ether oxygens (including phenoxy) is 1. The molecule has 2 amide bonds. The number of carbonyl (C=O) groups is 2. The number of hydrogen-bond acceptors (Lipinski definition) is 4. The Morgan fingerprint density at radius 1 is 1.12 bits per heavy atom. The molecular weight excluding hydrogens is 402 g/mol. The van der Waals surface area contributed by atoms with Gasteiger partial charge in [-0.25, -0.2) is 0 Å². The van der Waals surface area contributed by atoms with Gasteiger partial charge in [0, 0.05) is 42.4 Å². The van der Waals surface area contributed by atoms with Gasteiger partial charge in [0.2, 0.25) is 5.91 Å². The molecule has 1 N–H and O–H groups in total. The van der Waals surface area contributed by atoms with Gasteiger partial charge in [0.05, 0.1) is 13.2 Å². The van der Waals surface area contributed by atoms with Crippen LogP contribution in [0.3, 0.4) is 0 Å². The summed E-state index contributed by atoms with van der Waals surface area (Å²) in [4.78, 5) is 32.0. The first-order chi connectivity index (χ1) is 15.4. The second-order valence-electron chi connectivity index (χ2n) is 8.90. The average Bonchev–Trinajstić information content (AvgIpc) is 3.04. The number of benzene rings is 2. The summed E-state index contributed by atoms with van der Waals surface area (Å²) in [5.74, 6) is -0.166. The minimum atomic E-state index is -1.02. The van der Waals surface area contributed by atoms with Gasteiger partial charge in [-0.15, -0.1) is 0 Å². The number of pyridine rings is 1. The van der Waals surface area contributed by atoms with Crippen molar-refractivity contribution in [3.05, 3.63) is 78.1 Å². The van der Waals surface area contributed by atoms with Crippen LogP contribution < -0.4 is 5.32 Å². The highest BCUT2D eigenvalue weighted by atomic mass is 16.5. The third-order valence-corrected chi connectivity index (χ3v) is 5.85. The summed E-state index contributed by atoms with van der Waals surface area (Å²) in [5.41, 5.74) is 0.734. The molecule has 0 saturated carbocycles. The number of hydrogen-bond donors (Lipinski definition) is 1. The molecule has 0 bridgehead atoms. The van der Waals surface area contributed by atoms with E-state index in [0.717, 1.165) is 17.2 Å². The van der Waals surface area contributed by atoms with Gasteiger partial charge in [0.1, 0.15) is 5.54 Å². The van der Waals surface area contributed by atoms with Crippen LogP contribution in [0.15, 0.2) is 67.0 Å². The molecule has 6 heteroatoms. The first-order valence-corrected chi connectivity index (χ1v) is 11.0. The molecule has 166 valence electrons. The molecule has 1 fully saturated rings. The molecule has 0 spiro atoms. The molecule has 1 atom stereocenters. The quantitative estimate of drug-likeness (QED) is 0.672. The first kappa shape index (κ1) is 22.0. The lowest BCUT2D eigenvalue weighted by molar-refractivity contribution is -0.137. The van der Waals surface area contributed by atoms with E-state index in [-0.39, 0.29) is 17.7 Å². The number of fused-ring (bicyclic) bond motifs is 1. The standard InChI is InChI=1S/C26H29N3O3/c1-26(2,28-24(30)21-6-4-3-5-7-21)25(31)29-12-13-32-18-20(17-29)14-19-8-9-23-16-27-11-10-22(23)15-19/h3-11,15-16,20H,12-14,17-18H2,1-2H3,(H,28,30)/t20-/m0/s1. The van der Waals surface area contributed by atoms with Crippen molar-refractivity contribution < 1.29 is 14.3 Å². The Bertz CT molecular complexity index is 1100. The van der Waals surface area contributed by atoms with Gasteiger partial charge in [-0.2, -0.15) is 0 Å². The number of nitrogens with zero attached hydrogens (tertiary/aromatic N) is 2. The van der Waals surface area contributed by atoms with E-state index in [4.69, 9.17) is 4.74 Å². The van der Waals surface area contributed by atoms with Crippen LogP contribution in [0.5, 0.6) is 0 Å². The fourth-order valence-electron chi connectivity index (χ4n) is 4.18. The Labute approximate surface area is 188 Å². The monoisotopic (exact) mass is 431 g/mol. The zero-order valence-corrected chi connectivity index (χ0v) is 18.6. The van der Waals surface area contributed by atoms with Crippen molar-refractivity contribution in [2.24, 2.45) is 5.92 Å². The van der Waals surface area contributed by atoms with Crippen LogP contribution >= 0.6 is 0 Å². The van der Waals surface area contributed by atoms with Gasteiger partial charge in [-0.1, -0.05) is 36.4 Å². The predicted octanol–water partition coefficient (Wildman–Crippen LogP) is 3.46. The van der Waals surface area contributed by atoms with Gasteiger partial charge >= 0.3 is 0 Å². The van der Waals surface area contributed by atoms with Crippen molar-refractivity contribution in [3.63, 3.8) is 0 Å². The topological polar surface area (TPSA) is 71.5 Å². The highest BCUT2D eigenvalue weighted by Gasteiger charge is 2.35. The van der Waals surface area contributed by atoms with Crippen LogP contribution in [0.4, 0.5) is 0 Å². The zero-order chi connectivity index (χ0) is 22.6. The molecule has 32 heavy (non-hydrogen) atoms. The highest BCUT2D eigenvalue weighted by Crippen LogP contribution is 2.20. The van der Waals surface area contributed by atoms with Crippen molar-refractivity contribution >= 4 is 22.6 Å². The third kappa shape index (κ3) is 5.14. The second-order valence-corrected chi connectivity index (χ2v) is 8.90. The van der Waals surface area contributed by atoms with Gasteiger partial charge in [0.15, 0.2) is 0 Å². The van der Waals surface area contributed by atoms with Gasteiger partial charge in [-0.3, -0.25) is 14.6 Å². The summed E-state index contributed by atoms with van der Waals surface area (Å²) < 4.78 is 5.82. The van der Waals surface area contributed by atoms with Crippen LogP contribution in [0.25, 0.3) is 10.8 Å². The maximum Gasteiger partial charge on any atom is 0.252 e. The molecule has 2 aromatic carbocycles. The normalized spacial score (nSPS) is 17.1. The average molecular weight is 432 g/mol. The summed E-state index contributed by atoms with van der Waals surface area (Å²) in [5, 5.41) is 5.17. The Balaban J connectivity index is 1.44. The highest BCUT2D eigenvalue weighted by molar-refractivity contribution is 5.98. The lowest BCUT2D eigenvalue weighted by atomic mass is 9.96. The van der Waals surface area contributed by atoms with Gasteiger partial charge in [0.25, 0.3) is 5.91 Å². The molecular formula is C26H29N3O3. The van der Waals surface area contributed by atoms with E-state index >= 15 is 0 Å². The maximum absolute atomic E-state index is 13.4. The van der Waals surface area contributed by atoms with Crippen LogP contribution in [0.2, 0.25) is 0 Å². The Hall–Kier alpha value is -3.25. The third-order valence-electron chi connectivity index (χ3n) is 5.85. The lowest BCUT2D eigenvalue weighted by Gasteiger charge is -2.33. The molecule has 4 rings (SSSR count). The summed E-state index contributed by atoms with van der Waals surface area (Å²) in [6.45, 7) is 5.73. The second kappa shape index (κ2) is 9.49. The zero-order valence-electron chi connectivity index (χ0n) is 18.6. The fraction of sp³-hybridized carbons (Fsp3) is 0.346.